The molecule has 1 unspecified atom stereocenters. The first-order valence-electron chi connectivity index (χ1n) is 5.48. The summed E-state index contributed by atoms with van der Waals surface area (Å²) < 4.78 is 13.4. The molecule has 1 nitrogen and oxygen atoms in total. The molecule has 2 aromatic rings. The van der Waals surface area contributed by atoms with Crippen molar-refractivity contribution in [2.75, 3.05) is 0 Å². The molecule has 96 valence electrons. The summed E-state index contributed by atoms with van der Waals surface area (Å²) in [6, 6.07) is 6.84. The summed E-state index contributed by atoms with van der Waals surface area (Å²) in [4.78, 5) is 1.23. The molecular formula is C13H12Cl2FNS. The van der Waals surface area contributed by atoms with Crippen LogP contribution in [0.15, 0.2) is 29.6 Å². The number of thiophene rings is 1. The summed E-state index contributed by atoms with van der Waals surface area (Å²) in [5.74, 6) is -0.444. The van der Waals surface area contributed by atoms with E-state index in [9.17, 15) is 4.39 Å². The maximum absolute atomic E-state index is 13.4. The highest BCUT2D eigenvalue weighted by Gasteiger charge is 2.13. The number of nitrogens with one attached hydrogen (secondary N) is 1. The Labute approximate surface area is 120 Å². The minimum absolute atomic E-state index is 0.0358. The number of rotatable bonds is 4. The van der Waals surface area contributed by atoms with Crippen molar-refractivity contribution in [2.24, 2.45) is 0 Å². The SMILES string of the molecule is CC(NCc1cccs1)c1cc(F)c(Cl)cc1Cl. The van der Waals surface area contributed by atoms with Gasteiger partial charge in [-0.3, -0.25) is 0 Å². The van der Waals surface area contributed by atoms with E-state index in [4.69, 9.17) is 23.2 Å². The fourth-order valence-electron chi connectivity index (χ4n) is 1.65. The summed E-state index contributed by atoms with van der Waals surface area (Å²) in [5, 5.41) is 5.86. The lowest BCUT2D eigenvalue weighted by Crippen LogP contribution is -2.18. The molecule has 0 fully saturated rings. The monoisotopic (exact) mass is 303 g/mol. The molecule has 0 radical (unpaired) electrons. The molecule has 0 aliphatic rings. The number of halogens is 3. The van der Waals surface area contributed by atoms with Crippen LogP contribution >= 0.6 is 34.5 Å². The van der Waals surface area contributed by atoms with Gasteiger partial charge in [-0.15, -0.1) is 11.3 Å². The van der Waals surface area contributed by atoms with Gasteiger partial charge in [-0.2, -0.15) is 0 Å². The van der Waals surface area contributed by atoms with Crippen LogP contribution in [0.4, 0.5) is 4.39 Å². The van der Waals surface area contributed by atoms with Crippen molar-refractivity contribution in [1.29, 1.82) is 0 Å². The molecule has 0 aliphatic heterocycles. The van der Waals surface area contributed by atoms with Gasteiger partial charge in [0.15, 0.2) is 0 Å². The van der Waals surface area contributed by atoms with Gasteiger partial charge in [-0.1, -0.05) is 29.3 Å². The molecule has 0 saturated carbocycles. The van der Waals surface area contributed by atoms with Gasteiger partial charge in [0, 0.05) is 22.5 Å². The lowest BCUT2D eigenvalue weighted by Gasteiger charge is -2.15. The fraction of sp³-hybridized carbons (Fsp3) is 0.231. The number of hydrogen-bond donors (Lipinski definition) is 1. The van der Waals surface area contributed by atoms with Gasteiger partial charge in [0.2, 0.25) is 0 Å². The zero-order chi connectivity index (χ0) is 13.1. The van der Waals surface area contributed by atoms with Crippen LogP contribution in [0.3, 0.4) is 0 Å². The maximum atomic E-state index is 13.4. The minimum atomic E-state index is -0.444. The standard InChI is InChI=1S/C13H12Cl2FNS/c1-8(17-7-9-3-2-4-18-9)10-5-13(16)12(15)6-11(10)14/h2-6,8,17H,7H2,1H3. The predicted molar refractivity (Wildman–Crippen MR) is 76.0 cm³/mol. The normalized spacial score (nSPS) is 12.7. The van der Waals surface area contributed by atoms with E-state index in [2.05, 4.69) is 11.4 Å². The van der Waals surface area contributed by atoms with Crippen LogP contribution in [0.1, 0.15) is 23.4 Å². The van der Waals surface area contributed by atoms with Crippen LogP contribution in [0.25, 0.3) is 0 Å². The van der Waals surface area contributed by atoms with E-state index in [-0.39, 0.29) is 11.1 Å². The van der Waals surface area contributed by atoms with Crippen molar-refractivity contribution in [3.05, 3.63) is 55.9 Å². The first-order chi connectivity index (χ1) is 8.58. The molecular weight excluding hydrogens is 292 g/mol. The topological polar surface area (TPSA) is 12.0 Å². The minimum Gasteiger partial charge on any atom is -0.305 e. The van der Waals surface area contributed by atoms with E-state index in [1.165, 1.54) is 17.0 Å². The average Bonchev–Trinajstić information content (AvgIpc) is 2.84. The number of hydrogen-bond acceptors (Lipinski definition) is 2. The Balaban J connectivity index is 2.09. The fourth-order valence-corrected chi connectivity index (χ4v) is 2.85. The van der Waals surface area contributed by atoms with Gasteiger partial charge < -0.3 is 5.32 Å². The zero-order valence-corrected chi connectivity index (χ0v) is 12.0. The zero-order valence-electron chi connectivity index (χ0n) is 9.71. The summed E-state index contributed by atoms with van der Waals surface area (Å²) in [7, 11) is 0. The summed E-state index contributed by atoms with van der Waals surface area (Å²) in [6.45, 7) is 2.68. The largest absolute Gasteiger partial charge is 0.305 e. The van der Waals surface area contributed by atoms with Gasteiger partial charge in [0.05, 0.1) is 5.02 Å². The highest BCUT2D eigenvalue weighted by atomic mass is 35.5. The van der Waals surface area contributed by atoms with Crippen molar-refractivity contribution in [1.82, 2.24) is 5.32 Å². The van der Waals surface area contributed by atoms with E-state index in [1.54, 1.807) is 11.3 Å². The Kier molecular flexibility index (Phi) is 4.62. The van der Waals surface area contributed by atoms with Crippen LogP contribution in [-0.2, 0) is 6.54 Å². The third kappa shape index (κ3) is 3.23. The molecule has 1 atom stereocenters. The molecule has 0 spiro atoms. The van der Waals surface area contributed by atoms with E-state index in [1.807, 2.05) is 18.4 Å². The van der Waals surface area contributed by atoms with Crippen LogP contribution in [-0.4, -0.2) is 0 Å². The average molecular weight is 304 g/mol. The second-order valence-electron chi connectivity index (χ2n) is 3.97. The molecule has 1 aromatic carbocycles. The van der Waals surface area contributed by atoms with Crippen molar-refractivity contribution >= 4 is 34.5 Å². The van der Waals surface area contributed by atoms with E-state index in [0.29, 0.717) is 5.02 Å². The molecule has 2 rings (SSSR count). The van der Waals surface area contributed by atoms with E-state index < -0.39 is 5.82 Å². The van der Waals surface area contributed by atoms with Crippen molar-refractivity contribution in [3.8, 4) is 0 Å². The third-order valence-corrected chi connectivity index (χ3v) is 4.16. The maximum Gasteiger partial charge on any atom is 0.142 e. The molecule has 0 aliphatic carbocycles. The lowest BCUT2D eigenvalue weighted by atomic mass is 10.1. The van der Waals surface area contributed by atoms with Crippen LogP contribution < -0.4 is 5.32 Å². The summed E-state index contributed by atoms with van der Waals surface area (Å²) >= 11 is 13.4. The van der Waals surface area contributed by atoms with E-state index in [0.717, 1.165) is 12.1 Å². The molecule has 0 saturated heterocycles. The Morgan fingerprint density at radius 1 is 1.33 bits per heavy atom. The molecule has 0 amide bonds. The molecule has 0 bridgehead atoms. The quantitative estimate of drug-likeness (QED) is 0.780. The Bertz CT molecular complexity index is 528. The van der Waals surface area contributed by atoms with Crippen LogP contribution in [0, 0.1) is 5.82 Å². The summed E-state index contributed by atoms with van der Waals surface area (Å²) in [5.41, 5.74) is 0.718. The van der Waals surface area contributed by atoms with Gasteiger partial charge in [-0.05, 0) is 36.1 Å². The van der Waals surface area contributed by atoms with Gasteiger partial charge in [0.1, 0.15) is 5.82 Å². The Hall–Kier alpha value is -0.610. The Morgan fingerprint density at radius 3 is 2.78 bits per heavy atom. The molecule has 5 heteroatoms. The van der Waals surface area contributed by atoms with Gasteiger partial charge >= 0.3 is 0 Å². The number of benzene rings is 1. The van der Waals surface area contributed by atoms with Crippen LogP contribution in [0.2, 0.25) is 10.0 Å². The van der Waals surface area contributed by atoms with E-state index >= 15 is 0 Å². The first-order valence-corrected chi connectivity index (χ1v) is 7.11. The summed E-state index contributed by atoms with van der Waals surface area (Å²) in [6.07, 6.45) is 0. The Morgan fingerprint density at radius 2 is 2.11 bits per heavy atom. The predicted octanol–water partition coefficient (Wildman–Crippen LogP) is 5.04. The van der Waals surface area contributed by atoms with Crippen molar-refractivity contribution in [3.63, 3.8) is 0 Å². The van der Waals surface area contributed by atoms with Crippen molar-refractivity contribution < 1.29 is 4.39 Å². The first kappa shape index (κ1) is 13.8. The third-order valence-electron chi connectivity index (χ3n) is 2.67. The smallest absolute Gasteiger partial charge is 0.142 e. The lowest BCUT2D eigenvalue weighted by molar-refractivity contribution is 0.568. The van der Waals surface area contributed by atoms with Gasteiger partial charge in [0.25, 0.3) is 0 Å². The highest BCUT2D eigenvalue weighted by Crippen LogP contribution is 2.28. The molecule has 1 aromatic heterocycles. The van der Waals surface area contributed by atoms with Gasteiger partial charge in [-0.25, -0.2) is 4.39 Å². The highest BCUT2D eigenvalue weighted by molar-refractivity contribution is 7.09. The molecule has 1 heterocycles. The second kappa shape index (κ2) is 6.02. The molecule has 18 heavy (non-hydrogen) atoms. The van der Waals surface area contributed by atoms with Crippen LogP contribution in [0.5, 0.6) is 0 Å². The van der Waals surface area contributed by atoms with Crippen molar-refractivity contribution in [2.45, 2.75) is 19.5 Å². The second-order valence-corrected chi connectivity index (χ2v) is 5.82. The molecule has 1 N–H and O–H groups in total.